The SMILES string of the molecule is CCCC(CC(=O)/C=C/[C@@H]1[C@@H](CCCc2ccc(C(=O)OC)s2)[C@H](Cl)C[C@H]1OC1CCCCO1)O[Si](C)(C)C(C)(C)C. The fourth-order valence-corrected chi connectivity index (χ4v) is 8.56. The quantitative estimate of drug-likeness (QED) is 0.0826. The molecule has 0 amide bonds. The minimum atomic E-state index is -1.98. The summed E-state index contributed by atoms with van der Waals surface area (Å²) < 4.78 is 23.9. The van der Waals surface area contributed by atoms with E-state index < -0.39 is 8.32 Å². The van der Waals surface area contributed by atoms with Crippen molar-refractivity contribution in [3.05, 3.63) is 34.0 Å². The Kier molecular flexibility index (Phi) is 13.8. The molecule has 1 saturated heterocycles. The molecule has 2 unspecified atom stereocenters. The van der Waals surface area contributed by atoms with E-state index in [0.29, 0.717) is 11.3 Å². The highest BCUT2D eigenvalue weighted by Gasteiger charge is 2.43. The summed E-state index contributed by atoms with van der Waals surface area (Å²) in [6.07, 6.45) is 12.3. The number of allylic oxidation sites excluding steroid dienone is 1. The molecule has 42 heavy (non-hydrogen) atoms. The van der Waals surface area contributed by atoms with E-state index in [1.807, 2.05) is 12.1 Å². The van der Waals surface area contributed by atoms with Crippen LogP contribution in [0.3, 0.4) is 0 Å². The Morgan fingerprint density at radius 1 is 1.24 bits per heavy atom. The minimum Gasteiger partial charge on any atom is -0.465 e. The number of carbonyl (C=O) groups is 2. The predicted octanol–water partition coefficient (Wildman–Crippen LogP) is 8.72. The molecule has 2 heterocycles. The highest BCUT2D eigenvalue weighted by Crippen LogP contribution is 2.43. The van der Waals surface area contributed by atoms with E-state index >= 15 is 0 Å². The largest absolute Gasteiger partial charge is 0.465 e. The lowest BCUT2D eigenvalue weighted by Crippen LogP contribution is -2.44. The average Bonchev–Trinajstić information content (AvgIpc) is 3.51. The second-order valence-corrected chi connectivity index (χ2v) is 19.9. The molecule has 2 aliphatic rings. The third-order valence-electron chi connectivity index (χ3n) is 9.13. The zero-order chi connectivity index (χ0) is 30.9. The molecule has 1 aromatic rings. The number of ketones is 1. The van der Waals surface area contributed by atoms with Crippen molar-refractivity contribution in [1.82, 2.24) is 0 Å². The third-order valence-corrected chi connectivity index (χ3v) is 15.3. The summed E-state index contributed by atoms with van der Waals surface area (Å²) in [5.74, 6) is 0.0465. The number of halogens is 1. The second-order valence-electron chi connectivity index (χ2n) is 13.4. The van der Waals surface area contributed by atoms with Crippen LogP contribution < -0.4 is 0 Å². The van der Waals surface area contributed by atoms with Crippen LogP contribution in [0.15, 0.2) is 24.3 Å². The van der Waals surface area contributed by atoms with Crippen LogP contribution >= 0.6 is 22.9 Å². The van der Waals surface area contributed by atoms with Gasteiger partial charge in [0.1, 0.15) is 4.88 Å². The molecule has 3 rings (SSSR count). The van der Waals surface area contributed by atoms with Crippen LogP contribution in [-0.4, -0.2) is 57.7 Å². The Labute approximate surface area is 264 Å². The molecule has 1 saturated carbocycles. The first-order chi connectivity index (χ1) is 19.8. The van der Waals surface area contributed by atoms with Gasteiger partial charge in [0.05, 0.1) is 19.3 Å². The summed E-state index contributed by atoms with van der Waals surface area (Å²) in [6.45, 7) is 14.1. The molecule has 1 aliphatic carbocycles. The van der Waals surface area contributed by atoms with Gasteiger partial charge in [-0.1, -0.05) is 40.2 Å². The maximum atomic E-state index is 13.3. The summed E-state index contributed by atoms with van der Waals surface area (Å²) >= 11 is 8.46. The lowest BCUT2D eigenvalue weighted by Gasteiger charge is -2.39. The Balaban J connectivity index is 1.68. The summed E-state index contributed by atoms with van der Waals surface area (Å²) in [5.41, 5.74) is 0. The van der Waals surface area contributed by atoms with Gasteiger partial charge < -0.3 is 18.6 Å². The number of rotatable bonds is 15. The summed E-state index contributed by atoms with van der Waals surface area (Å²) in [4.78, 5) is 26.9. The van der Waals surface area contributed by atoms with Gasteiger partial charge in [-0.05, 0) is 93.6 Å². The Bertz CT molecular complexity index is 1030. The van der Waals surface area contributed by atoms with Gasteiger partial charge in [0, 0.05) is 29.2 Å². The van der Waals surface area contributed by atoms with Crippen molar-refractivity contribution < 1.29 is 28.2 Å². The zero-order valence-corrected chi connectivity index (χ0v) is 29.4. The predicted molar refractivity (Wildman–Crippen MR) is 174 cm³/mol. The van der Waals surface area contributed by atoms with Crippen molar-refractivity contribution in [2.45, 2.75) is 134 Å². The van der Waals surface area contributed by atoms with Crippen molar-refractivity contribution in [2.75, 3.05) is 13.7 Å². The highest BCUT2D eigenvalue weighted by atomic mass is 35.5. The van der Waals surface area contributed by atoms with Crippen LogP contribution in [0.4, 0.5) is 0 Å². The number of hydrogen-bond donors (Lipinski definition) is 0. The van der Waals surface area contributed by atoms with Crippen LogP contribution in [0.5, 0.6) is 0 Å². The summed E-state index contributed by atoms with van der Waals surface area (Å²) in [5, 5.41) is 0.0621. The lowest BCUT2D eigenvalue weighted by molar-refractivity contribution is -0.192. The van der Waals surface area contributed by atoms with Gasteiger partial charge in [-0.15, -0.1) is 22.9 Å². The number of thiophene rings is 1. The van der Waals surface area contributed by atoms with Crippen molar-refractivity contribution >= 4 is 43.0 Å². The lowest BCUT2D eigenvalue weighted by atomic mass is 9.89. The average molecular weight is 641 g/mol. The molecule has 1 aliphatic heterocycles. The molecule has 0 N–H and O–H groups in total. The Hall–Kier alpha value is -1.03. The topological polar surface area (TPSA) is 71.1 Å². The minimum absolute atomic E-state index is 0.0351. The number of esters is 1. The van der Waals surface area contributed by atoms with Crippen molar-refractivity contribution in [1.29, 1.82) is 0 Å². The first kappa shape index (κ1) is 35.4. The van der Waals surface area contributed by atoms with Gasteiger partial charge in [0.2, 0.25) is 0 Å². The van der Waals surface area contributed by atoms with E-state index in [2.05, 4.69) is 46.9 Å². The summed E-state index contributed by atoms with van der Waals surface area (Å²) in [6, 6.07) is 3.84. The molecule has 6 nitrogen and oxygen atoms in total. The second kappa shape index (κ2) is 16.3. The van der Waals surface area contributed by atoms with Crippen molar-refractivity contribution in [3.8, 4) is 0 Å². The Morgan fingerprint density at radius 2 is 2.00 bits per heavy atom. The normalized spacial score (nSPS) is 26.0. The summed E-state index contributed by atoms with van der Waals surface area (Å²) in [7, 11) is -0.574. The number of hydrogen-bond acceptors (Lipinski definition) is 7. The van der Waals surface area contributed by atoms with Crippen molar-refractivity contribution in [3.63, 3.8) is 0 Å². The Morgan fingerprint density at radius 3 is 2.64 bits per heavy atom. The van der Waals surface area contributed by atoms with E-state index in [-0.39, 0.29) is 52.5 Å². The van der Waals surface area contributed by atoms with Crippen molar-refractivity contribution in [2.24, 2.45) is 11.8 Å². The van der Waals surface area contributed by atoms with E-state index in [9.17, 15) is 9.59 Å². The fraction of sp³-hybridized carbons (Fsp3) is 0.758. The molecule has 0 aromatic carbocycles. The number of ether oxygens (including phenoxy) is 3. The van der Waals surface area contributed by atoms with Crippen LogP contribution in [-0.2, 0) is 29.9 Å². The molecule has 0 radical (unpaired) electrons. The van der Waals surface area contributed by atoms with Gasteiger partial charge in [0.15, 0.2) is 20.4 Å². The van der Waals surface area contributed by atoms with Gasteiger partial charge in [0.25, 0.3) is 0 Å². The third kappa shape index (κ3) is 10.3. The molecule has 0 bridgehead atoms. The van der Waals surface area contributed by atoms with Crippen LogP contribution in [0.1, 0.15) is 100 Å². The standard InChI is InChI=1S/C33H53ClO6SSi/c1-8-12-24(40-42(6,7)33(2,3)4)21-23(35)16-18-27-26(14-11-13-25-17-19-30(41-25)32(36)37-5)28(34)22-29(27)39-31-15-9-10-20-38-31/h16-19,24,26-29,31H,8-15,20-22H2,1-7H3/b18-16+/t24?,26-,27-,28-,29-,31?/m1/s1. The van der Waals surface area contributed by atoms with Gasteiger partial charge in [-0.3, -0.25) is 4.79 Å². The number of alkyl halides is 1. The van der Waals surface area contributed by atoms with Gasteiger partial charge in [-0.2, -0.15) is 0 Å². The maximum absolute atomic E-state index is 13.3. The number of carbonyl (C=O) groups excluding carboxylic acids is 2. The smallest absolute Gasteiger partial charge is 0.348 e. The molecule has 6 atom stereocenters. The highest BCUT2D eigenvalue weighted by molar-refractivity contribution is 7.13. The van der Waals surface area contributed by atoms with E-state index in [0.717, 1.165) is 69.3 Å². The first-order valence-electron chi connectivity index (χ1n) is 15.8. The maximum Gasteiger partial charge on any atom is 0.348 e. The van der Waals surface area contributed by atoms with Gasteiger partial charge >= 0.3 is 5.97 Å². The van der Waals surface area contributed by atoms with E-state index in [1.54, 1.807) is 6.08 Å². The molecular weight excluding hydrogens is 588 g/mol. The van der Waals surface area contributed by atoms with Crippen LogP contribution in [0.25, 0.3) is 0 Å². The molecular formula is C33H53ClO6SSi. The molecule has 2 fully saturated rings. The number of aryl methyl sites for hydroxylation is 1. The first-order valence-corrected chi connectivity index (χ1v) is 20.0. The zero-order valence-electron chi connectivity index (χ0n) is 26.8. The molecule has 1 aromatic heterocycles. The van der Waals surface area contributed by atoms with Gasteiger partial charge in [-0.25, -0.2) is 4.79 Å². The molecule has 238 valence electrons. The number of methoxy groups -OCH3 is 1. The monoisotopic (exact) mass is 640 g/mol. The molecule has 9 heteroatoms. The van der Waals surface area contributed by atoms with Crippen LogP contribution in [0, 0.1) is 11.8 Å². The van der Waals surface area contributed by atoms with Crippen LogP contribution in [0.2, 0.25) is 18.1 Å². The van der Waals surface area contributed by atoms with E-state index in [4.69, 9.17) is 30.2 Å². The fourth-order valence-electron chi connectivity index (χ4n) is 5.73. The van der Waals surface area contributed by atoms with E-state index in [1.165, 1.54) is 18.4 Å². The molecule has 0 spiro atoms.